The van der Waals surface area contributed by atoms with Crippen LogP contribution in [-0.4, -0.2) is 36.1 Å². The van der Waals surface area contributed by atoms with Crippen LogP contribution in [0.25, 0.3) is 0 Å². The second-order valence-electron chi connectivity index (χ2n) is 1.45. The molecule has 3 radical (unpaired) electrons. The summed E-state index contributed by atoms with van der Waals surface area (Å²) < 4.78 is 9.71. The van der Waals surface area contributed by atoms with Crippen LogP contribution < -0.4 is 0 Å². The fraction of sp³-hybridized carbons (Fsp3) is 1.00. The van der Waals surface area contributed by atoms with Gasteiger partial charge in [0.2, 0.25) is 0 Å². The van der Waals surface area contributed by atoms with Crippen molar-refractivity contribution in [2.24, 2.45) is 0 Å². The van der Waals surface area contributed by atoms with Crippen LogP contribution in [0, 0.1) is 0 Å². The van der Waals surface area contributed by atoms with E-state index < -0.39 is 8.32 Å². The Kier molecular flexibility index (Phi) is 4.33. The first-order valence-corrected chi connectivity index (χ1v) is 6.14. The minimum atomic E-state index is -2.90. The van der Waals surface area contributed by atoms with Gasteiger partial charge in [-0.2, -0.15) is 0 Å². The molecule has 0 rings (SSSR count). The lowest BCUT2D eigenvalue weighted by Gasteiger charge is -2.17. The summed E-state index contributed by atoms with van der Waals surface area (Å²) in [6, 6.07) is 0. The Morgan fingerprint density at radius 2 is 1.67 bits per heavy atom. The number of rotatable bonds is 4. The van der Waals surface area contributed by atoms with Gasteiger partial charge >= 0.3 is 8.32 Å². The zero-order valence-electron chi connectivity index (χ0n) is 5.68. The van der Waals surface area contributed by atoms with E-state index in [1.54, 1.807) is 13.8 Å². The largest absolute Gasteiger partial charge is 0.457 e. The smallest absolute Gasteiger partial charge is 0.393 e. The van der Waals surface area contributed by atoms with Gasteiger partial charge in [-0.1, -0.05) is 0 Å². The second-order valence-corrected chi connectivity index (χ2v) is 5.08. The van der Waals surface area contributed by atoms with Gasteiger partial charge in [0, 0.05) is 13.2 Å². The monoisotopic (exact) mass is 163 g/mol. The van der Waals surface area contributed by atoms with Crippen LogP contribution in [-0.2, 0) is 8.85 Å². The van der Waals surface area contributed by atoms with Crippen LogP contribution in [0.1, 0.15) is 13.8 Å². The minimum Gasteiger partial charge on any atom is -0.393 e. The summed E-state index contributed by atoms with van der Waals surface area (Å²) >= 11 is 0. The molecule has 0 aliphatic carbocycles. The van der Waals surface area contributed by atoms with Gasteiger partial charge in [-0.05, 0) is 13.8 Å². The summed E-state index contributed by atoms with van der Waals surface area (Å²) in [6.45, 7) is 4.53. The molecule has 0 aromatic rings. The molecule has 0 aliphatic heterocycles. The van der Waals surface area contributed by atoms with E-state index in [-0.39, 0.29) is 0 Å². The maximum atomic E-state index is 9.12. The molecule has 0 bridgehead atoms. The summed E-state index contributed by atoms with van der Waals surface area (Å²) in [5.41, 5.74) is 0. The Balaban J connectivity index is 3.43. The second kappa shape index (κ2) is 4.18. The molecular weight excluding hydrogens is 152 g/mol. The molecule has 53 valence electrons. The Morgan fingerprint density at radius 3 is 1.89 bits per heavy atom. The quantitative estimate of drug-likeness (QED) is 0.576. The molecule has 0 amide bonds. The Morgan fingerprint density at radius 1 is 1.33 bits per heavy atom. The van der Waals surface area contributed by atoms with E-state index in [0.717, 1.165) is 0 Å². The third-order valence-corrected chi connectivity index (χ3v) is 2.91. The standard InChI is InChI=1S/C4H11O3Si2/c1-3-6-9(5,8)7-4-2/h5H,3-4H2,1-2H3. The molecule has 0 spiro atoms. The van der Waals surface area contributed by atoms with Gasteiger partial charge in [-0.25, -0.2) is 0 Å². The average Bonchev–Trinajstić information content (AvgIpc) is 1.64. The van der Waals surface area contributed by atoms with Crippen LogP contribution in [0.2, 0.25) is 0 Å². The summed E-state index contributed by atoms with van der Waals surface area (Å²) in [5, 5.41) is 0. The van der Waals surface area contributed by atoms with Crippen molar-refractivity contribution in [1.82, 2.24) is 0 Å². The van der Waals surface area contributed by atoms with Crippen molar-refractivity contribution in [3.8, 4) is 0 Å². The molecule has 0 heterocycles. The van der Waals surface area contributed by atoms with E-state index in [9.17, 15) is 0 Å². The van der Waals surface area contributed by atoms with Gasteiger partial charge in [0.05, 0.1) is 0 Å². The van der Waals surface area contributed by atoms with Crippen LogP contribution in [0.3, 0.4) is 0 Å². The van der Waals surface area contributed by atoms with Gasteiger partial charge in [0.25, 0.3) is 0 Å². The van der Waals surface area contributed by atoms with Gasteiger partial charge in [-0.15, -0.1) is 0 Å². The first-order valence-electron chi connectivity index (χ1n) is 2.87. The van der Waals surface area contributed by atoms with E-state index in [0.29, 0.717) is 13.2 Å². The van der Waals surface area contributed by atoms with Crippen molar-refractivity contribution in [2.45, 2.75) is 13.8 Å². The molecule has 3 nitrogen and oxygen atoms in total. The van der Waals surface area contributed by atoms with Crippen molar-refractivity contribution in [3.05, 3.63) is 0 Å². The Hall–Kier alpha value is 0.314. The minimum absolute atomic E-state index is 0.465. The van der Waals surface area contributed by atoms with E-state index in [1.807, 2.05) is 0 Å². The molecule has 0 aromatic heterocycles. The molecule has 0 saturated heterocycles. The summed E-state index contributed by atoms with van der Waals surface area (Å²) in [5.74, 6) is 0. The van der Waals surface area contributed by atoms with E-state index in [2.05, 4.69) is 9.76 Å². The van der Waals surface area contributed by atoms with Crippen molar-refractivity contribution in [1.29, 1.82) is 0 Å². The highest BCUT2D eigenvalue weighted by atomic mass is 29.2. The zero-order chi connectivity index (χ0) is 7.33. The molecule has 0 aromatic carbocycles. The van der Waals surface area contributed by atoms with Crippen molar-refractivity contribution >= 4 is 18.1 Å². The highest BCUT2D eigenvalue weighted by Gasteiger charge is 2.27. The van der Waals surface area contributed by atoms with Gasteiger partial charge < -0.3 is 13.6 Å². The van der Waals surface area contributed by atoms with Gasteiger partial charge in [0.15, 0.2) is 0 Å². The molecular formula is C4H11O3Si2. The predicted molar refractivity (Wildman–Crippen MR) is 37.0 cm³/mol. The molecule has 1 N–H and O–H groups in total. The van der Waals surface area contributed by atoms with E-state index in [1.165, 1.54) is 0 Å². The van der Waals surface area contributed by atoms with Crippen LogP contribution in [0.15, 0.2) is 0 Å². The summed E-state index contributed by atoms with van der Waals surface area (Å²) in [6.07, 6.45) is 0. The van der Waals surface area contributed by atoms with Crippen molar-refractivity contribution in [3.63, 3.8) is 0 Å². The molecule has 5 heteroatoms. The van der Waals surface area contributed by atoms with Crippen molar-refractivity contribution < 1.29 is 13.6 Å². The third kappa shape index (κ3) is 4.79. The SMILES string of the molecule is CCO[Si](O)([Si])OCC. The summed E-state index contributed by atoms with van der Waals surface area (Å²) in [4.78, 5) is 9.12. The van der Waals surface area contributed by atoms with Gasteiger partial charge in [0.1, 0.15) is 9.76 Å². The molecule has 0 saturated carbocycles. The Labute approximate surface area is 59.6 Å². The van der Waals surface area contributed by atoms with Crippen LogP contribution >= 0.6 is 0 Å². The zero-order valence-corrected chi connectivity index (χ0v) is 7.68. The first-order chi connectivity index (χ1) is 4.12. The number of hydrogen-bond donors (Lipinski definition) is 1. The average molecular weight is 163 g/mol. The number of hydrogen-bond acceptors (Lipinski definition) is 3. The van der Waals surface area contributed by atoms with E-state index in [4.69, 9.17) is 13.6 Å². The fourth-order valence-corrected chi connectivity index (χ4v) is 2.16. The topological polar surface area (TPSA) is 38.7 Å². The maximum Gasteiger partial charge on any atom is 0.457 e. The lowest BCUT2D eigenvalue weighted by atomic mass is 10.9. The molecule has 0 atom stereocenters. The lowest BCUT2D eigenvalue weighted by molar-refractivity contribution is 0.132. The van der Waals surface area contributed by atoms with Crippen LogP contribution in [0.5, 0.6) is 0 Å². The van der Waals surface area contributed by atoms with Crippen LogP contribution in [0.4, 0.5) is 0 Å². The molecule has 0 unspecified atom stereocenters. The molecule has 9 heavy (non-hydrogen) atoms. The Bertz CT molecular complexity index is 68.2. The normalized spacial score (nSPS) is 12.0. The predicted octanol–water partition coefficient (Wildman–Crippen LogP) is -0.344. The maximum absolute atomic E-state index is 9.12. The van der Waals surface area contributed by atoms with Crippen molar-refractivity contribution in [2.75, 3.05) is 13.2 Å². The lowest BCUT2D eigenvalue weighted by Crippen LogP contribution is -2.43. The molecule has 0 aliphatic rings. The third-order valence-electron chi connectivity index (χ3n) is 0.680. The first kappa shape index (κ1) is 9.31. The highest BCUT2D eigenvalue weighted by Crippen LogP contribution is 1.95. The molecule has 0 fully saturated rings. The van der Waals surface area contributed by atoms with E-state index >= 15 is 0 Å². The summed E-state index contributed by atoms with van der Waals surface area (Å²) in [7, 11) is 0.104. The highest BCUT2D eigenvalue weighted by molar-refractivity contribution is 7.04. The van der Waals surface area contributed by atoms with Gasteiger partial charge in [-0.3, -0.25) is 0 Å². The fourth-order valence-electron chi connectivity index (χ4n) is 0.433.